The van der Waals surface area contributed by atoms with E-state index in [0.717, 1.165) is 23.5 Å². The molecule has 0 amide bonds. The second kappa shape index (κ2) is 5.91. The van der Waals surface area contributed by atoms with Gasteiger partial charge in [0, 0.05) is 6.42 Å². The fraction of sp³-hybridized carbons (Fsp3) is 0.583. The zero-order valence-corrected chi connectivity index (χ0v) is 10.4. The van der Waals surface area contributed by atoms with Crippen molar-refractivity contribution >= 4 is 17.1 Å². The van der Waals surface area contributed by atoms with Crippen LogP contribution in [0, 0.1) is 5.92 Å². The molecule has 1 aromatic heterocycles. The average molecular weight is 226 g/mol. The Morgan fingerprint density at radius 2 is 2.27 bits per heavy atom. The van der Waals surface area contributed by atoms with Crippen molar-refractivity contribution in [3.63, 3.8) is 0 Å². The first kappa shape index (κ1) is 12.2. The number of ketones is 1. The molecule has 0 aliphatic carbocycles. The summed E-state index contributed by atoms with van der Waals surface area (Å²) in [5.74, 6) is 1.60. The molecule has 0 saturated heterocycles. The summed E-state index contributed by atoms with van der Waals surface area (Å²) in [6.45, 7) is 4.35. The van der Waals surface area contributed by atoms with Gasteiger partial charge in [0.1, 0.15) is 10.6 Å². The minimum absolute atomic E-state index is 0.211. The Hall–Kier alpha value is -0.830. The first-order valence-electron chi connectivity index (χ1n) is 5.29. The maximum Gasteiger partial charge on any atom is 0.176 e. The van der Waals surface area contributed by atoms with Crippen molar-refractivity contribution in [2.45, 2.75) is 33.1 Å². The topological polar surface area (TPSA) is 26.3 Å². The van der Waals surface area contributed by atoms with Crippen LogP contribution >= 0.6 is 11.3 Å². The predicted octanol–water partition coefficient (Wildman–Crippen LogP) is 3.77. The normalized spacial score (nSPS) is 10.7. The van der Waals surface area contributed by atoms with Crippen molar-refractivity contribution < 1.29 is 9.53 Å². The third kappa shape index (κ3) is 3.67. The summed E-state index contributed by atoms with van der Waals surface area (Å²) >= 11 is 1.47. The van der Waals surface area contributed by atoms with Crippen LogP contribution in [0.15, 0.2) is 11.4 Å². The molecule has 15 heavy (non-hydrogen) atoms. The minimum Gasteiger partial charge on any atom is -0.495 e. The van der Waals surface area contributed by atoms with Gasteiger partial charge in [0.05, 0.1) is 7.11 Å². The second-order valence-electron chi connectivity index (χ2n) is 4.03. The monoisotopic (exact) mass is 226 g/mol. The smallest absolute Gasteiger partial charge is 0.176 e. The van der Waals surface area contributed by atoms with E-state index in [2.05, 4.69) is 13.8 Å². The third-order valence-electron chi connectivity index (χ3n) is 2.29. The summed E-state index contributed by atoms with van der Waals surface area (Å²) in [4.78, 5) is 12.6. The third-order valence-corrected chi connectivity index (χ3v) is 3.22. The van der Waals surface area contributed by atoms with E-state index in [1.165, 1.54) is 11.3 Å². The fourth-order valence-corrected chi connectivity index (χ4v) is 2.27. The van der Waals surface area contributed by atoms with Crippen LogP contribution in [-0.2, 0) is 0 Å². The Balaban J connectivity index is 2.47. The summed E-state index contributed by atoms with van der Waals surface area (Å²) in [6, 6.07) is 1.85. The van der Waals surface area contributed by atoms with Crippen LogP contribution < -0.4 is 4.74 Å². The SMILES string of the molecule is COc1ccsc1C(=O)CCCC(C)C. The van der Waals surface area contributed by atoms with Crippen LogP contribution in [0.4, 0.5) is 0 Å². The van der Waals surface area contributed by atoms with Gasteiger partial charge in [-0.1, -0.05) is 20.3 Å². The highest BCUT2D eigenvalue weighted by atomic mass is 32.1. The molecule has 3 heteroatoms. The van der Waals surface area contributed by atoms with Crippen molar-refractivity contribution in [2.24, 2.45) is 5.92 Å². The zero-order valence-electron chi connectivity index (χ0n) is 9.58. The Kier molecular flexibility index (Phi) is 4.82. The Morgan fingerprint density at radius 3 is 2.87 bits per heavy atom. The van der Waals surface area contributed by atoms with E-state index in [1.54, 1.807) is 7.11 Å². The molecule has 0 aliphatic rings. The number of carbonyl (C=O) groups is 1. The van der Waals surface area contributed by atoms with Gasteiger partial charge < -0.3 is 4.74 Å². The van der Waals surface area contributed by atoms with Gasteiger partial charge in [0.25, 0.3) is 0 Å². The summed E-state index contributed by atoms with van der Waals surface area (Å²) in [6.07, 6.45) is 2.71. The van der Waals surface area contributed by atoms with Crippen LogP contribution in [0.2, 0.25) is 0 Å². The van der Waals surface area contributed by atoms with Gasteiger partial charge in [-0.2, -0.15) is 0 Å². The van der Waals surface area contributed by atoms with Gasteiger partial charge in [0.15, 0.2) is 5.78 Å². The van der Waals surface area contributed by atoms with Crippen LogP contribution in [0.1, 0.15) is 42.8 Å². The molecule has 0 saturated carbocycles. The van der Waals surface area contributed by atoms with Crippen molar-refractivity contribution in [3.8, 4) is 5.75 Å². The van der Waals surface area contributed by atoms with Crippen LogP contribution in [0.3, 0.4) is 0 Å². The van der Waals surface area contributed by atoms with Crippen molar-refractivity contribution in [1.82, 2.24) is 0 Å². The maximum absolute atomic E-state index is 11.8. The highest BCUT2D eigenvalue weighted by Crippen LogP contribution is 2.26. The van der Waals surface area contributed by atoms with Crippen molar-refractivity contribution in [2.75, 3.05) is 7.11 Å². The molecule has 0 fully saturated rings. The Bertz CT molecular complexity index is 315. The number of Topliss-reactive ketones (excluding diaryl/α,β-unsaturated/α-hetero) is 1. The summed E-state index contributed by atoms with van der Waals surface area (Å²) in [7, 11) is 1.60. The number of hydrogen-bond donors (Lipinski definition) is 0. The van der Waals surface area contributed by atoms with E-state index >= 15 is 0 Å². The summed E-state index contributed by atoms with van der Waals surface area (Å²) < 4.78 is 5.12. The summed E-state index contributed by atoms with van der Waals surface area (Å²) in [5.41, 5.74) is 0. The predicted molar refractivity (Wildman–Crippen MR) is 63.9 cm³/mol. The number of thiophene rings is 1. The number of carbonyl (C=O) groups excluding carboxylic acids is 1. The Labute approximate surface area is 95.3 Å². The lowest BCUT2D eigenvalue weighted by Gasteiger charge is -2.04. The lowest BCUT2D eigenvalue weighted by Crippen LogP contribution is -1.99. The molecular formula is C12H18O2S. The molecule has 0 N–H and O–H groups in total. The molecule has 0 aromatic carbocycles. The number of hydrogen-bond acceptors (Lipinski definition) is 3. The van der Waals surface area contributed by atoms with Gasteiger partial charge in [-0.25, -0.2) is 0 Å². The van der Waals surface area contributed by atoms with E-state index in [1.807, 2.05) is 11.4 Å². The molecule has 1 rings (SSSR count). The second-order valence-corrected chi connectivity index (χ2v) is 4.94. The van der Waals surface area contributed by atoms with E-state index in [4.69, 9.17) is 4.74 Å². The van der Waals surface area contributed by atoms with Gasteiger partial charge in [-0.3, -0.25) is 4.79 Å². The number of ether oxygens (including phenoxy) is 1. The van der Waals surface area contributed by atoms with E-state index in [0.29, 0.717) is 12.3 Å². The number of rotatable bonds is 6. The standard InChI is InChI=1S/C12H18O2S/c1-9(2)5-4-6-10(13)12-11(14-3)7-8-15-12/h7-9H,4-6H2,1-3H3. The molecule has 0 bridgehead atoms. The van der Waals surface area contributed by atoms with Gasteiger partial charge in [-0.15, -0.1) is 11.3 Å². The molecule has 84 valence electrons. The Morgan fingerprint density at radius 1 is 1.53 bits per heavy atom. The van der Waals surface area contributed by atoms with E-state index < -0.39 is 0 Å². The van der Waals surface area contributed by atoms with Gasteiger partial charge >= 0.3 is 0 Å². The fourth-order valence-electron chi connectivity index (χ4n) is 1.45. The van der Waals surface area contributed by atoms with E-state index in [-0.39, 0.29) is 5.78 Å². The van der Waals surface area contributed by atoms with Crippen molar-refractivity contribution in [1.29, 1.82) is 0 Å². The molecule has 0 unspecified atom stereocenters. The van der Waals surface area contributed by atoms with Crippen LogP contribution in [-0.4, -0.2) is 12.9 Å². The molecule has 0 spiro atoms. The maximum atomic E-state index is 11.8. The largest absolute Gasteiger partial charge is 0.495 e. The summed E-state index contributed by atoms with van der Waals surface area (Å²) in [5, 5.41) is 1.90. The molecule has 0 aliphatic heterocycles. The molecule has 1 aromatic rings. The molecule has 2 nitrogen and oxygen atoms in total. The first-order valence-corrected chi connectivity index (χ1v) is 6.17. The van der Waals surface area contributed by atoms with Gasteiger partial charge in [-0.05, 0) is 23.8 Å². The average Bonchev–Trinajstić information content (AvgIpc) is 2.64. The molecule has 1 heterocycles. The van der Waals surface area contributed by atoms with Crippen LogP contribution in [0.25, 0.3) is 0 Å². The zero-order chi connectivity index (χ0) is 11.3. The minimum atomic E-state index is 0.211. The van der Waals surface area contributed by atoms with Gasteiger partial charge in [0.2, 0.25) is 0 Å². The molecule has 0 radical (unpaired) electrons. The molecule has 0 atom stereocenters. The quantitative estimate of drug-likeness (QED) is 0.690. The number of methoxy groups -OCH3 is 1. The van der Waals surface area contributed by atoms with Crippen molar-refractivity contribution in [3.05, 3.63) is 16.3 Å². The first-order chi connectivity index (χ1) is 7.15. The van der Waals surface area contributed by atoms with Crippen LogP contribution in [0.5, 0.6) is 5.75 Å². The highest BCUT2D eigenvalue weighted by Gasteiger charge is 2.13. The lowest BCUT2D eigenvalue weighted by molar-refractivity contribution is 0.0979. The molecular weight excluding hydrogens is 208 g/mol. The lowest BCUT2D eigenvalue weighted by atomic mass is 10.0. The van der Waals surface area contributed by atoms with E-state index in [9.17, 15) is 4.79 Å². The highest BCUT2D eigenvalue weighted by molar-refractivity contribution is 7.12.